The fourth-order valence-corrected chi connectivity index (χ4v) is 2.86. The van der Waals surface area contributed by atoms with Gasteiger partial charge in [0, 0.05) is 11.9 Å². The van der Waals surface area contributed by atoms with Gasteiger partial charge in [-0.05, 0) is 25.1 Å². The van der Waals surface area contributed by atoms with E-state index in [0.29, 0.717) is 11.4 Å². The summed E-state index contributed by atoms with van der Waals surface area (Å²) in [5.41, 5.74) is 7.26. The number of rotatable bonds is 5. The van der Waals surface area contributed by atoms with Crippen LogP contribution in [0.1, 0.15) is 11.4 Å². The monoisotopic (exact) mass is 308 g/mol. The van der Waals surface area contributed by atoms with Gasteiger partial charge in [0.2, 0.25) is 10.0 Å². The molecule has 0 fully saturated rings. The van der Waals surface area contributed by atoms with Crippen molar-refractivity contribution >= 4 is 15.7 Å². The maximum Gasteiger partial charge on any atom is 0.244 e. The van der Waals surface area contributed by atoms with Crippen molar-refractivity contribution in [2.45, 2.75) is 18.4 Å². The van der Waals surface area contributed by atoms with Crippen LogP contribution < -0.4 is 15.2 Å². The van der Waals surface area contributed by atoms with Gasteiger partial charge in [0.1, 0.15) is 10.6 Å². The van der Waals surface area contributed by atoms with Crippen molar-refractivity contribution in [1.29, 1.82) is 0 Å². The summed E-state index contributed by atoms with van der Waals surface area (Å²) >= 11 is 0. The van der Waals surface area contributed by atoms with Crippen LogP contribution in [0.25, 0.3) is 0 Å². The number of aryl methyl sites for hydroxylation is 1. The molecule has 112 valence electrons. The highest BCUT2D eigenvalue weighted by Gasteiger charge is 2.19. The Morgan fingerprint density at radius 2 is 2.05 bits per heavy atom. The van der Waals surface area contributed by atoms with E-state index in [1.807, 2.05) is 0 Å². The lowest BCUT2D eigenvalue weighted by molar-refractivity contribution is 0.402. The number of nitrogens with one attached hydrogen (secondary N) is 1. The van der Waals surface area contributed by atoms with Gasteiger partial charge >= 0.3 is 0 Å². The zero-order valence-corrected chi connectivity index (χ0v) is 12.5. The van der Waals surface area contributed by atoms with E-state index in [-0.39, 0.29) is 17.2 Å². The molecular formula is C13H16N4O3S. The highest BCUT2D eigenvalue weighted by Crippen LogP contribution is 2.25. The second-order valence-electron chi connectivity index (χ2n) is 4.38. The second-order valence-corrected chi connectivity index (χ2v) is 6.12. The average molecular weight is 308 g/mol. The van der Waals surface area contributed by atoms with E-state index in [0.717, 1.165) is 5.69 Å². The van der Waals surface area contributed by atoms with Crippen LogP contribution in [0.3, 0.4) is 0 Å². The standard InChI is InChI=1S/C13H16N4O3S/c1-9-6-16-11(7-15-9)8-17-21(18,19)13-5-10(14)3-4-12(13)20-2/h3-7,17H,8,14H2,1-2H3. The molecule has 1 heterocycles. The summed E-state index contributed by atoms with van der Waals surface area (Å²) < 4.78 is 32.1. The van der Waals surface area contributed by atoms with Gasteiger partial charge < -0.3 is 10.5 Å². The first-order valence-corrected chi connectivity index (χ1v) is 7.61. The molecule has 0 aliphatic rings. The van der Waals surface area contributed by atoms with Gasteiger partial charge in [0.05, 0.1) is 31.2 Å². The minimum Gasteiger partial charge on any atom is -0.495 e. The van der Waals surface area contributed by atoms with E-state index in [9.17, 15) is 8.42 Å². The zero-order valence-electron chi connectivity index (χ0n) is 11.7. The number of sulfonamides is 1. The summed E-state index contributed by atoms with van der Waals surface area (Å²) in [7, 11) is -2.36. The number of anilines is 1. The molecule has 2 aromatic rings. The Hall–Kier alpha value is -2.19. The lowest BCUT2D eigenvalue weighted by Crippen LogP contribution is -2.24. The van der Waals surface area contributed by atoms with Crippen molar-refractivity contribution in [3.8, 4) is 5.75 Å². The number of nitrogens with two attached hydrogens (primary N) is 1. The van der Waals surface area contributed by atoms with Crippen LogP contribution in [0.15, 0.2) is 35.5 Å². The molecule has 0 aliphatic carbocycles. The van der Waals surface area contributed by atoms with E-state index in [1.165, 1.54) is 25.4 Å². The number of hydrogen-bond acceptors (Lipinski definition) is 6. The summed E-state index contributed by atoms with van der Waals surface area (Å²) in [6, 6.07) is 4.43. The van der Waals surface area contributed by atoms with Crippen LogP contribution in [-0.2, 0) is 16.6 Å². The van der Waals surface area contributed by atoms with Crippen LogP contribution in [0.4, 0.5) is 5.69 Å². The first-order valence-electron chi connectivity index (χ1n) is 6.13. The third kappa shape index (κ3) is 3.67. The van der Waals surface area contributed by atoms with Gasteiger partial charge in [0.15, 0.2) is 0 Å². The number of ether oxygens (including phenoxy) is 1. The third-order valence-electron chi connectivity index (χ3n) is 2.75. The van der Waals surface area contributed by atoms with E-state index < -0.39 is 10.0 Å². The molecule has 7 nitrogen and oxygen atoms in total. The molecule has 0 amide bonds. The second kappa shape index (κ2) is 6.06. The molecule has 3 N–H and O–H groups in total. The van der Waals surface area contributed by atoms with Crippen LogP contribution in [0.2, 0.25) is 0 Å². The Balaban J connectivity index is 2.22. The van der Waals surface area contributed by atoms with E-state index >= 15 is 0 Å². The van der Waals surface area contributed by atoms with Gasteiger partial charge in [-0.1, -0.05) is 0 Å². The fraction of sp³-hybridized carbons (Fsp3) is 0.231. The highest BCUT2D eigenvalue weighted by atomic mass is 32.2. The predicted octanol–water partition coefficient (Wildman–Crippen LogP) is 0.854. The first-order chi connectivity index (χ1) is 9.92. The maximum absolute atomic E-state index is 12.3. The number of aromatic nitrogens is 2. The molecule has 0 atom stereocenters. The largest absolute Gasteiger partial charge is 0.495 e. The SMILES string of the molecule is COc1ccc(N)cc1S(=O)(=O)NCc1cnc(C)cn1. The fourth-order valence-electron chi connectivity index (χ4n) is 1.66. The summed E-state index contributed by atoms with van der Waals surface area (Å²) in [5.74, 6) is 0.228. The molecule has 0 saturated heterocycles. The number of methoxy groups -OCH3 is 1. The van der Waals surface area contributed by atoms with E-state index in [1.54, 1.807) is 19.2 Å². The quantitative estimate of drug-likeness (QED) is 0.793. The van der Waals surface area contributed by atoms with Crippen molar-refractivity contribution in [2.24, 2.45) is 0 Å². The third-order valence-corrected chi connectivity index (χ3v) is 4.18. The molecule has 8 heteroatoms. The lowest BCUT2D eigenvalue weighted by atomic mass is 10.3. The molecule has 1 aromatic heterocycles. The highest BCUT2D eigenvalue weighted by molar-refractivity contribution is 7.89. The zero-order chi connectivity index (χ0) is 15.5. The van der Waals surface area contributed by atoms with Crippen molar-refractivity contribution < 1.29 is 13.2 Å². The van der Waals surface area contributed by atoms with Crippen LogP contribution in [0.5, 0.6) is 5.75 Å². The molecule has 0 aliphatic heterocycles. The smallest absolute Gasteiger partial charge is 0.244 e. The predicted molar refractivity (Wildman–Crippen MR) is 78.2 cm³/mol. The molecule has 0 saturated carbocycles. The maximum atomic E-state index is 12.3. The van der Waals surface area contributed by atoms with Crippen molar-refractivity contribution in [3.05, 3.63) is 42.0 Å². The Morgan fingerprint density at radius 1 is 1.29 bits per heavy atom. The molecule has 2 rings (SSSR count). The minimum absolute atomic E-state index is 0.00919. The molecular weight excluding hydrogens is 292 g/mol. The van der Waals surface area contributed by atoms with Crippen molar-refractivity contribution in [3.63, 3.8) is 0 Å². The van der Waals surface area contributed by atoms with Crippen molar-refractivity contribution in [2.75, 3.05) is 12.8 Å². The van der Waals surface area contributed by atoms with Crippen LogP contribution >= 0.6 is 0 Å². The Morgan fingerprint density at radius 3 is 2.67 bits per heavy atom. The number of benzene rings is 1. The molecule has 0 radical (unpaired) electrons. The molecule has 1 aromatic carbocycles. The van der Waals surface area contributed by atoms with E-state index in [4.69, 9.17) is 10.5 Å². The lowest BCUT2D eigenvalue weighted by Gasteiger charge is -2.11. The van der Waals surface area contributed by atoms with Gasteiger partial charge in [-0.2, -0.15) is 0 Å². The van der Waals surface area contributed by atoms with Gasteiger partial charge in [0.25, 0.3) is 0 Å². The summed E-state index contributed by atoms with van der Waals surface area (Å²) in [6.45, 7) is 1.84. The van der Waals surface area contributed by atoms with Crippen molar-refractivity contribution in [1.82, 2.24) is 14.7 Å². The van der Waals surface area contributed by atoms with Gasteiger partial charge in [-0.3, -0.25) is 9.97 Å². The summed E-state index contributed by atoms with van der Waals surface area (Å²) in [4.78, 5) is 8.14. The Bertz CT molecular complexity index is 730. The normalized spacial score (nSPS) is 11.3. The summed E-state index contributed by atoms with van der Waals surface area (Å²) in [6.07, 6.45) is 3.10. The van der Waals surface area contributed by atoms with Gasteiger partial charge in [-0.15, -0.1) is 0 Å². The number of nitrogen functional groups attached to an aromatic ring is 1. The summed E-state index contributed by atoms with van der Waals surface area (Å²) in [5, 5.41) is 0. The number of nitrogens with zero attached hydrogens (tertiary/aromatic N) is 2. The Kier molecular flexibility index (Phi) is 4.39. The average Bonchev–Trinajstić information content (AvgIpc) is 2.47. The minimum atomic E-state index is -3.76. The number of hydrogen-bond donors (Lipinski definition) is 2. The topological polar surface area (TPSA) is 107 Å². The molecule has 0 unspecified atom stereocenters. The Labute approximate surface area is 123 Å². The molecule has 21 heavy (non-hydrogen) atoms. The van der Waals surface area contributed by atoms with Crippen LogP contribution in [0, 0.1) is 6.92 Å². The van der Waals surface area contributed by atoms with Crippen LogP contribution in [-0.4, -0.2) is 25.5 Å². The first kappa shape index (κ1) is 15.2. The molecule has 0 bridgehead atoms. The van der Waals surface area contributed by atoms with E-state index in [2.05, 4.69) is 14.7 Å². The van der Waals surface area contributed by atoms with Gasteiger partial charge in [-0.25, -0.2) is 13.1 Å². The molecule has 0 spiro atoms.